The molecule has 0 rings (SSSR count). The van der Waals surface area contributed by atoms with Crippen LogP contribution in [0.15, 0.2) is 0 Å². The third-order valence-corrected chi connectivity index (χ3v) is 1.39. The average Bonchev–Trinajstić information content (AvgIpc) is 1.82. The number of ether oxygens (including phenoxy) is 1. The van der Waals surface area contributed by atoms with Gasteiger partial charge in [-0.05, 0) is 34.7 Å². The zero-order valence-electron chi connectivity index (χ0n) is 8.60. The molecule has 0 aliphatic carbocycles. The Morgan fingerprint density at radius 1 is 1.50 bits per heavy atom. The number of esters is 1. The lowest BCUT2D eigenvalue weighted by molar-refractivity contribution is -0.155. The van der Waals surface area contributed by atoms with Crippen LogP contribution in [0.2, 0.25) is 0 Å². The predicted octanol–water partition coefficient (Wildman–Crippen LogP) is 1.33. The molecule has 0 amide bonds. The Balaban J connectivity index is 3.75. The van der Waals surface area contributed by atoms with E-state index in [-0.39, 0.29) is 17.6 Å². The van der Waals surface area contributed by atoms with Crippen LogP contribution in [0, 0.1) is 0 Å². The molecule has 0 spiro atoms. The minimum absolute atomic E-state index is 0.149. The maximum atomic E-state index is 11.2. The smallest absolute Gasteiger partial charge is 0.307 e. The SMILES string of the molecule is CN[C@H](C)CC(=O)OC(C)(C)C. The van der Waals surface area contributed by atoms with E-state index in [1.54, 1.807) is 0 Å². The molecule has 0 saturated heterocycles. The van der Waals surface area contributed by atoms with Gasteiger partial charge in [-0.2, -0.15) is 0 Å². The zero-order valence-corrected chi connectivity index (χ0v) is 8.60. The highest BCUT2D eigenvalue weighted by Crippen LogP contribution is 2.08. The summed E-state index contributed by atoms with van der Waals surface area (Å²) in [6.45, 7) is 7.56. The van der Waals surface area contributed by atoms with Crippen LogP contribution >= 0.6 is 0 Å². The van der Waals surface area contributed by atoms with E-state index in [0.29, 0.717) is 6.42 Å². The van der Waals surface area contributed by atoms with Crippen LogP contribution in [0.1, 0.15) is 34.1 Å². The summed E-state index contributed by atoms with van der Waals surface area (Å²) >= 11 is 0. The van der Waals surface area contributed by atoms with Gasteiger partial charge < -0.3 is 10.1 Å². The normalized spacial score (nSPS) is 14.1. The van der Waals surface area contributed by atoms with Crippen molar-refractivity contribution < 1.29 is 9.53 Å². The molecule has 0 radical (unpaired) electrons. The van der Waals surface area contributed by atoms with Crippen LogP contribution < -0.4 is 5.32 Å². The minimum atomic E-state index is -0.370. The van der Waals surface area contributed by atoms with E-state index in [4.69, 9.17) is 4.74 Å². The van der Waals surface area contributed by atoms with Crippen LogP contribution in [-0.2, 0) is 9.53 Å². The van der Waals surface area contributed by atoms with Crippen molar-refractivity contribution in [2.75, 3.05) is 7.05 Å². The summed E-state index contributed by atoms with van der Waals surface area (Å²) < 4.78 is 5.13. The van der Waals surface area contributed by atoms with Gasteiger partial charge in [0.25, 0.3) is 0 Å². The highest BCUT2D eigenvalue weighted by molar-refractivity contribution is 5.70. The van der Waals surface area contributed by atoms with Gasteiger partial charge >= 0.3 is 5.97 Å². The van der Waals surface area contributed by atoms with Crippen molar-refractivity contribution in [3.8, 4) is 0 Å². The molecule has 12 heavy (non-hydrogen) atoms. The van der Waals surface area contributed by atoms with Crippen molar-refractivity contribution in [3.05, 3.63) is 0 Å². The van der Waals surface area contributed by atoms with E-state index in [1.165, 1.54) is 0 Å². The van der Waals surface area contributed by atoms with Crippen LogP contribution in [-0.4, -0.2) is 24.7 Å². The van der Waals surface area contributed by atoms with Gasteiger partial charge in [-0.3, -0.25) is 4.79 Å². The summed E-state index contributed by atoms with van der Waals surface area (Å²) in [6, 6.07) is 0.180. The first kappa shape index (κ1) is 11.4. The highest BCUT2D eigenvalue weighted by Gasteiger charge is 2.17. The van der Waals surface area contributed by atoms with Crippen molar-refractivity contribution in [2.24, 2.45) is 0 Å². The third kappa shape index (κ3) is 6.16. The van der Waals surface area contributed by atoms with E-state index in [0.717, 1.165) is 0 Å². The van der Waals surface area contributed by atoms with Crippen molar-refractivity contribution in [1.29, 1.82) is 0 Å². The van der Waals surface area contributed by atoms with Crippen LogP contribution in [0.3, 0.4) is 0 Å². The number of rotatable bonds is 3. The van der Waals surface area contributed by atoms with Crippen LogP contribution in [0.5, 0.6) is 0 Å². The summed E-state index contributed by atoms with van der Waals surface area (Å²) in [5, 5.41) is 2.98. The van der Waals surface area contributed by atoms with Gasteiger partial charge in [0.05, 0.1) is 6.42 Å². The molecule has 3 heteroatoms. The van der Waals surface area contributed by atoms with Crippen LogP contribution in [0.25, 0.3) is 0 Å². The first-order valence-electron chi connectivity index (χ1n) is 4.24. The Hall–Kier alpha value is -0.570. The predicted molar refractivity (Wildman–Crippen MR) is 49.0 cm³/mol. The Morgan fingerprint density at radius 2 is 2.00 bits per heavy atom. The fourth-order valence-corrected chi connectivity index (χ4v) is 0.735. The maximum Gasteiger partial charge on any atom is 0.307 e. The minimum Gasteiger partial charge on any atom is -0.460 e. The molecule has 0 fully saturated rings. The van der Waals surface area contributed by atoms with Gasteiger partial charge in [0, 0.05) is 6.04 Å². The molecule has 0 aromatic carbocycles. The van der Waals surface area contributed by atoms with Gasteiger partial charge in [-0.15, -0.1) is 0 Å². The molecule has 0 aliphatic rings. The van der Waals surface area contributed by atoms with Crippen molar-refractivity contribution in [1.82, 2.24) is 5.32 Å². The number of hydrogen-bond donors (Lipinski definition) is 1. The average molecular weight is 173 g/mol. The number of hydrogen-bond acceptors (Lipinski definition) is 3. The lowest BCUT2D eigenvalue weighted by Gasteiger charge is -2.20. The molecule has 0 heterocycles. The highest BCUT2D eigenvalue weighted by atomic mass is 16.6. The Labute approximate surface area is 74.5 Å². The molecule has 0 bridgehead atoms. The molecule has 0 aromatic rings. The standard InChI is InChI=1S/C9H19NO2/c1-7(10-5)6-8(11)12-9(2,3)4/h7,10H,6H2,1-5H3/t7-/m1/s1. The molecule has 0 aromatic heterocycles. The second-order valence-electron chi connectivity index (χ2n) is 3.98. The second kappa shape index (κ2) is 4.45. The van der Waals surface area contributed by atoms with E-state index < -0.39 is 0 Å². The Morgan fingerprint density at radius 3 is 2.33 bits per heavy atom. The molecular weight excluding hydrogens is 154 g/mol. The molecule has 0 aliphatic heterocycles. The molecule has 0 unspecified atom stereocenters. The van der Waals surface area contributed by atoms with Crippen molar-refractivity contribution >= 4 is 5.97 Å². The Kier molecular flexibility index (Phi) is 4.24. The van der Waals surface area contributed by atoms with Gasteiger partial charge in [-0.1, -0.05) is 0 Å². The molecule has 1 N–H and O–H groups in total. The summed E-state index contributed by atoms with van der Waals surface area (Å²) in [6.07, 6.45) is 0.424. The lowest BCUT2D eigenvalue weighted by atomic mass is 10.2. The number of nitrogens with one attached hydrogen (secondary N) is 1. The van der Waals surface area contributed by atoms with E-state index in [2.05, 4.69) is 5.32 Å². The Bertz CT molecular complexity index is 149. The lowest BCUT2D eigenvalue weighted by Crippen LogP contribution is -2.30. The fourth-order valence-electron chi connectivity index (χ4n) is 0.735. The quantitative estimate of drug-likeness (QED) is 0.654. The van der Waals surface area contributed by atoms with E-state index in [1.807, 2.05) is 34.7 Å². The number of carbonyl (C=O) groups is 1. The largest absolute Gasteiger partial charge is 0.460 e. The summed E-state index contributed by atoms with van der Waals surface area (Å²) in [5.74, 6) is -0.149. The second-order valence-corrected chi connectivity index (χ2v) is 3.98. The molecule has 3 nitrogen and oxygen atoms in total. The van der Waals surface area contributed by atoms with E-state index in [9.17, 15) is 4.79 Å². The van der Waals surface area contributed by atoms with E-state index >= 15 is 0 Å². The summed E-state index contributed by atoms with van der Waals surface area (Å²) in [7, 11) is 1.83. The van der Waals surface area contributed by atoms with Crippen LogP contribution in [0.4, 0.5) is 0 Å². The first-order chi connectivity index (χ1) is 5.35. The molecule has 0 saturated carbocycles. The van der Waals surface area contributed by atoms with Crippen molar-refractivity contribution in [2.45, 2.75) is 45.8 Å². The first-order valence-corrected chi connectivity index (χ1v) is 4.24. The molecule has 72 valence electrons. The summed E-state index contributed by atoms with van der Waals surface area (Å²) in [4.78, 5) is 11.2. The van der Waals surface area contributed by atoms with Gasteiger partial charge in [0.1, 0.15) is 5.60 Å². The molecular formula is C9H19NO2. The topological polar surface area (TPSA) is 38.3 Å². The van der Waals surface area contributed by atoms with Crippen molar-refractivity contribution in [3.63, 3.8) is 0 Å². The van der Waals surface area contributed by atoms with Gasteiger partial charge in [-0.25, -0.2) is 0 Å². The zero-order chi connectivity index (χ0) is 9.78. The molecule has 1 atom stereocenters. The maximum absolute atomic E-state index is 11.2. The van der Waals surface area contributed by atoms with Gasteiger partial charge in [0.15, 0.2) is 0 Å². The third-order valence-electron chi connectivity index (χ3n) is 1.39. The fraction of sp³-hybridized carbons (Fsp3) is 0.889. The van der Waals surface area contributed by atoms with Gasteiger partial charge in [0.2, 0.25) is 0 Å². The summed E-state index contributed by atoms with van der Waals surface area (Å²) in [5.41, 5.74) is -0.370. The monoisotopic (exact) mass is 173 g/mol. The number of carbonyl (C=O) groups excluding carboxylic acids is 1.